The predicted molar refractivity (Wildman–Crippen MR) is 92.5 cm³/mol. The number of methoxy groups -OCH3 is 1. The lowest BCUT2D eigenvalue weighted by atomic mass is 10.2. The third-order valence-corrected chi connectivity index (χ3v) is 4.70. The quantitative estimate of drug-likeness (QED) is 0.589. The van der Waals surface area contributed by atoms with Crippen LogP contribution in [-0.2, 0) is 6.61 Å². The molecular formula is C17H13BrFNO2S. The van der Waals surface area contributed by atoms with E-state index in [4.69, 9.17) is 9.47 Å². The number of para-hydroxylation sites is 1. The van der Waals surface area contributed by atoms with Gasteiger partial charge in [-0.1, -0.05) is 12.1 Å². The molecule has 0 atom stereocenters. The monoisotopic (exact) mass is 393 g/mol. The van der Waals surface area contributed by atoms with Crippen molar-refractivity contribution in [2.45, 2.75) is 6.61 Å². The summed E-state index contributed by atoms with van der Waals surface area (Å²) in [6, 6.07) is 12.1. The summed E-state index contributed by atoms with van der Waals surface area (Å²) in [4.78, 5) is 4.58. The van der Waals surface area contributed by atoms with Crippen molar-refractivity contribution in [2.24, 2.45) is 0 Å². The van der Waals surface area contributed by atoms with Crippen LogP contribution < -0.4 is 9.47 Å². The number of hydrogen-bond donors (Lipinski definition) is 0. The molecule has 3 rings (SSSR count). The van der Waals surface area contributed by atoms with E-state index >= 15 is 0 Å². The second kappa shape index (κ2) is 7.10. The van der Waals surface area contributed by atoms with E-state index in [1.165, 1.54) is 23.5 Å². The standard InChI is InChI=1S/C17H13BrFNO2S/c1-21-15-5-3-2-4-13(15)17-20-12(10-23-17)9-22-16-7-6-11(19)8-14(16)18/h2-8,10H,9H2,1H3. The third-order valence-electron chi connectivity index (χ3n) is 3.16. The number of halogens is 2. The molecule has 0 saturated heterocycles. The van der Waals surface area contributed by atoms with Gasteiger partial charge in [0.2, 0.25) is 0 Å². The van der Waals surface area contributed by atoms with Crippen LogP contribution in [0.15, 0.2) is 52.3 Å². The van der Waals surface area contributed by atoms with Crippen molar-refractivity contribution in [3.05, 3.63) is 63.8 Å². The molecule has 0 aliphatic rings. The minimum Gasteiger partial charge on any atom is -0.496 e. The molecule has 3 aromatic rings. The lowest BCUT2D eigenvalue weighted by molar-refractivity contribution is 0.300. The summed E-state index contributed by atoms with van der Waals surface area (Å²) in [5.41, 5.74) is 1.77. The number of nitrogens with zero attached hydrogens (tertiary/aromatic N) is 1. The van der Waals surface area contributed by atoms with Crippen molar-refractivity contribution in [3.8, 4) is 22.1 Å². The van der Waals surface area contributed by atoms with Gasteiger partial charge >= 0.3 is 0 Å². The van der Waals surface area contributed by atoms with Gasteiger partial charge in [0, 0.05) is 5.38 Å². The maximum absolute atomic E-state index is 13.1. The lowest BCUT2D eigenvalue weighted by Gasteiger charge is -2.06. The van der Waals surface area contributed by atoms with Gasteiger partial charge in [-0.25, -0.2) is 9.37 Å². The minimum atomic E-state index is -0.309. The molecule has 0 N–H and O–H groups in total. The van der Waals surface area contributed by atoms with E-state index in [9.17, 15) is 4.39 Å². The zero-order valence-electron chi connectivity index (χ0n) is 12.3. The normalized spacial score (nSPS) is 10.6. The fraction of sp³-hybridized carbons (Fsp3) is 0.118. The highest BCUT2D eigenvalue weighted by Gasteiger charge is 2.10. The molecule has 3 nitrogen and oxygen atoms in total. The van der Waals surface area contributed by atoms with E-state index in [0.717, 1.165) is 22.0 Å². The zero-order chi connectivity index (χ0) is 16.2. The van der Waals surface area contributed by atoms with E-state index in [1.54, 1.807) is 13.2 Å². The summed E-state index contributed by atoms with van der Waals surface area (Å²) in [5, 5.41) is 2.82. The second-order valence-corrected chi connectivity index (χ2v) is 6.42. The molecule has 118 valence electrons. The molecule has 0 bridgehead atoms. The first kappa shape index (κ1) is 16.0. The average molecular weight is 394 g/mol. The molecule has 1 aromatic heterocycles. The van der Waals surface area contributed by atoms with Crippen LogP contribution in [0.2, 0.25) is 0 Å². The Bertz CT molecular complexity index is 822. The van der Waals surface area contributed by atoms with Gasteiger partial charge in [-0.2, -0.15) is 0 Å². The smallest absolute Gasteiger partial charge is 0.134 e. The molecule has 0 saturated carbocycles. The largest absolute Gasteiger partial charge is 0.496 e. The van der Waals surface area contributed by atoms with Crippen molar-refractivity contribution < 1.29 is 13.9 Å². The van der Waals surface area contributed by atoms with Gasteiger partial charge in [0.15, 0.2) is 0 Å². The Balaban J connectivity index is 1.75. The molecule has 2 aromatic carbocycles. The molecule has 6 heteroatoms. The third kappa shape index (κ3) is 3.71. The Morgan fingerprint density at radius 3 is 2.78 bits per heavy atom. The number of hydrogen-bond acceptors (Lipinski definition) is 4. The summed E-state index contributed by atoms with van der Waals surface area (Å²) in [5.74, 6) is 1.06. The van der Waals surface area contributed by atoms with Crippen LogP contribution in [0.25, 0.3) is 10.6 Å². The minimum absolute atomic E-state index is 0.309. The average Bonchev–Trinajstić information content (AvgIpc) is 3.03. The van der Waals surface area contributed by atoms with E-state index in [-0.39, 0.29) is 5.82 Å². The summed E-state index contributed by atoms with van der Waals surface area (Å²) < 4.78 is 24.7. The van der Waals surface area contributed by atoms with E-state index in [2.05, 4.69) is 20.9 Å². The summed E-state index contributed by atoms with van der Waals surface area (Å²) >= 11 is 4.81. The molecule has 1 heterocycles. The number of thiazole rings is 1. The maximum Gasteiger partial charge on any atom is 0.134 e. The number of ether oxygens (including phenoxy) is 2. The van der Waals surface area contributed by atoms with Gasteiger partial charge < -0.3 is 9.47 Å². The van der Waals surface area contributed by atoms with Gasteiger partial charge in [0.25, 0.3) is 0 Å². The first-order valence-electron chi connectivity index (χ1n) is 6.83. The van der Waals surface area contributed by atoms with Gasteiger partial charge in [-0.05, 0) is 46.3 Å². The maximum atomic E-state index is 13.1. The number of rotatable bonds is 5. The van der Waals surface area contributed by atoms with Crippen molar-refractivity contribution in [1.29, 1.82) is 0 Å². The molecular weight excluding hydrogens is 381 g/mol. The van der Waals surface area contributed by atoms with Crippen molar-refractivity contribution in [1.82, 2.24) is 4.98 Å². The first-order valence-corrected chi connectivity index (χ1v) is 8.50. The fourth-order valence-corrected chi connectivity index (χ4v) is 3.36. The Hall–Kier alpha value is -1.92. The van der Waals surface area contributed by atoms with Gasteiger partial charge in [-0.15, -0.1) is 11.3 Å². The van der Waals surface area contributed by atoms with Crippen LogP contribution in [0.4, 0.5) is 4.39 Å². The van der Waals surface area contributed by atoms with E-state index in [0.29, 0.717) is 16.8 Å². The van der Waals surface area contributed by atoms with Crippen LogP contribution in [0.5, 0.6) is 11.5 Å². The predicted octanol–water partition coefficient (Wildman–Crippen LogP) is 5.30. The summed E-state index contributed by atoms with van der Waals surface area (Å²) in [6.07, 6.45) is 0. The molecule has 0 aliphatic carbocycles. The zero-order valence-corrected chi connectivity index (χ0v) is 14.7. The molecule has 0 radical (unpaired) electrons. The van der Waals surface area contributed by atoms with Gasteiger partial charge in [-0.3, -0.25) is 0 Å². The SMILES string of the molecule is COc1ccccc1-c1nc(COc2ccc(F)cc2Br)cs1. The Morgan fingerprint density at radius 2 is 2.00 bits per heavy atom. The molecule has 0 fully saturated rings. The van der Waals surface area contributed by atoms with Crippen molar-refractivity contribution in [2.75, 3.05) is 7.11 Å². The molecule has 0 aliphatic heterocycles. The second-order valence-electron chi connectivity index (χ2n) is 4.71. The summed E-state index contributed by atoms with van der Waals surface area (Å²) in [7, 11) is 1.64. The van der Waals surface area contributed by atoms with Crippen molar-refractivity contribution in [3.63, 3.8) is 0 Å². The highest BCUT2D eigenvalue weighted by Crippen LogP contribution is 2.32. The van der Waals surface area contributed by atoms with Crippen LogP contribution in [-0.4, -0.2) is 12.1 Å². The fourth-order valence-electron chi connectivity index (χ4n) is 2.06. The van der Waals surface area contributed by atoms with E-state index < -0.39 is 0 Å². The number of aromatic nitrogens is 1. The lowest BCUT2D eigenvalue weighted by Crippen LogP contribution is -1.97. The van der Waals surface area contributed by atoms with Crippen LogP contribution in [0.1, 0.15) is 5.69 Å². The molecule has 0 unspecified atom stereocenters. The molecule has 23 heavy (non-hydrogen) atoms. The van der Waals surface area contributed by atoms with Crippen LogP contribution in [0.3, 0.4) is 0 Å². The molecule has 0 amide bonds. The number of benzene rings is 2. The first-order chi connectivity index (χ1) is 11.2. The van der Waals surface area contributed by atoms with E-state index in [1.807, 2.05) is 29.6 Å². The van der Waals surface area contributed by atoms with Crippen LogP contribution >= 0.6 is 27.3 Å². The van der Waals surface area contributed by atoms with Crippen molar-refractivity contribution >= 4 is 27.3 Å². The summed E-state index contributed by atoms with van der Waals surface area (Å²) in [6.45, 7) is 0.315. The van der Waals surface area contributed by atoms with Gasteiger partial charge in [0.1, 0.15) is 28.9 Å². The van der Waals surface area contributed by atoms with Gasteiger partial charge in [0.05, 0.1) is 22.8 Å². The van der Waals surface area contributed by atoms with Crippen LogP contribution in [0, 0.1) is 5.82 Å². The Labute approximate surface area is 145 Å². The Kier molecular flexibility index (Phi) is 4.93. The highest BCUT2D eigenvalue weighted by atomic mass is 79.9. The highest BCUT2D eigenvalue weighted by molar-refractivity contribution is 9.10. The Morgan fingerprint density at radius 1 is 1.17 bits per heavy atom. The molecule has 0 spiro atoms. The topological polar surface area (TPSA) is 31.4 Å².